The van der Waals surface area contributed by atoms with Crippen molar-refractivity contribution in [3.05, 3.63) is 59.2 Å². The number of nitrogens with one attached hydrogen (secondary N) is 2. The maximum Gasteiger partial charge on any atom is 0.216 e. The monoisotopic (exact) mass is 392 g/mol. The molecule has 27 heavy (non-hydrogen) atoms. The summed E-state index contributed by atoms with van der Waals surface area (Å²) in [7, 11) is -0.145. The van der Waals surface area contributed by atoms with Crippen LogP contribution in [0.25, 0.3) is 0 Å². The Kier molecular flexibility index (Phi) is 7.65. The van der Waals surface area contributed by atoms with Gasteiger partial charge in [0.25, 0.3) is 0 Å². The highest BCUT2D eigenvalue weighted by molar-refractivity contribution is 7.88. The van der Waals surface area contributed by atoms with Gasteiger partial charge in [0.05, 0.1) is 20.0 Å². The summed E-state index contributed by atoms with van der Waals surface area (Å²) >= 11 is 0. The van der Waals surface area contributed by atoms with E-state index >= 15 is 0 Å². The Bertz CT molecular complexity index is 851. The van der Waals surface area contributed by atoms with Crippen molar-refractivity contribution in [3.8, 4) is 11.5 Å². The van der Waals surface area contributed by atoms with E-state index in [1.54, 1.807) is 14.2 Å². The van der Waals surface area contributed by atoms with Crippen molar-refractivity contribution in [3.63, 3.8) is 0 Å². The summed E-state index contributed by atoms with van der Waals surface area (Å²) in [6.45, 7) is 4.75. The first-order chi connectivity index (χ1) is 12.9. The van der Waals surface area contributed by atoms with Crippen LogP contribution in [-0.2, 0) is 28.9 Å². The third kappa shape index (κ3) is 6.23. The minimum Gasteiger partial charge on any atom is -0.493 e. The molecule has 6 nitrogen and oxygen atoms in total. The third-order valence-corrected chi connectivity index (χ3v) is 5.52. The van der Waals surface area contributed by atoms with Crippen LogP contribution in [0.5, 0.6) is 11.5 Å². The van der Waals surface area contributed by atoms with Gasteiger partial charge in [0.15, 0.2) is 11.5 Å². The number of rotatable bonds is 10. The van der Waals surface area contributed by atoms with Gasteiger partial charge in [-0.05, 0) is 31.0 Å². The van der Waals surface area contributed by atoms with Crippen LogP contribution in [-0.4, -0.2) is 28.7 Å². The second-order valence-electron chi connectivity index (χ2n) is 6.56. The molecule has 0 aliphatic carbocycles. The first kappa shape index (κ1) is 21.2. The van der Waals surface area contributed by atoms with E-state index < -0.39 is 10.0 Å². The summed E-state index contributed by atoms with van der Waals surface area (Å²) in [6, 6.07) is 13.2. The second kappa shape index (κ2) is 9.73. The summed E-state index contributed by atoms with van der Waals surface area (Å²) in [5.41, 5.74) is 2.72. The molecule has 2 aromatic carbocycles. The molecule has 0 aromatic heterocycles. The second-order valence-corrected chi connectivity index (χ2v) is 8.31. The molecule has 0 spiro atoms. The average molecular weight is 393 g/mol. The maximum absolute atomic E-state index is 12.2. The lowest BCUT2D eigenvalue weighted by molar-refractivity contribution is 0.350. The zero-order valence-electron chi connectivity index (χ0n) is 16.3. The van der Waals surface area contributed by atoms with E-state index in [0.29, 0.717) is 24.6 Å². The largest absolute Gasteiger partial charge is 0.493 e. The lowest BCUT2D eigenvalue weighted by Crippen LogP contribution is -2.31. The average Bonchev–Trinajstić information content (AvgIpc) is 2.61. The number of methoxy groups -OCH3 is 2. The van der Waals surface area contributed by atoms with Crippen LogP contribution in [0.3, 0.4) is 0 Å². The third-order valence-electron chi connectivity index (χ3n) is 3.99. The first-order valence-electron chi connectivity index (χ1n) is 8.83. The van der Waals surface area contributed by atoms with Crippen molar-refractivity contribution in [2.24, 2.45) is 0 Å². The van der Waals surface area contributed by atoms with Gasteiger partial charge in [-0.25, -0.2) is 13.1 Å². The Hall–Kier alpha value is -2.09. The van der Waals surface area contributed by atoms with Gasteiger partial charge in [-0.3, -0.25) is 0 Å². The van der Waals surface area contributed by atoms with Gasteiger partial charge in [-0.1, -0.05) is 36.4 Å². The van der Waals surface area contributed by atoms with Gasteiger partial charge >= 0.3 is 0 Å². The quantitative estimate of drug-likeness (QED) is 0.650. The molecule has 0 amide bonds. The summed E-state index contributed by atoms with van der Waals surface area (Å²) in [5, 5.41) is 3.36. The van der Waals surface area contributed by atoms with Crippen LogP contribution >= 0.6 is 0 Å². The molecule has 2 aromatic rings. The summed E-state index contributed by atoms with van der Waals surface area (Å²) < 4.78 is 37.9. The van der Waals surface area contributed by atoms with Gasteiger partial charge in [-0.2, -0.15) is 0 Å². The standard InChI is InChI=1S/C20H28N2O4S/c1-15(2)22-27(23,24)14-18-9-6-5-8-16(18)12-21-13-17-10-7-11-19(25-3)20(17)26-4/h5-11,15,21-22H,12-14H2,1-4H3. The molecule has 0 saturated heterocycles. The van der Waals surface area contributed by atoms with Gasteiger partial charge < -0.3 is 14.8 Å². The van der Waals surface area contributed by atoms with Gasteiger partial charge in [0.1, 0.15) is 0 Å². The Morgan fingerprint density at radius 2 is 1.52 bits per heavy atom. The van der Waals surface area contributed by atoms with Crippen LogP contribution in [0.4, 0.5) is 0 Å². The zero-order valence-corrected chi connectivity index (χ0v) is 17.1. The number of benzene rings is 2. The molecular formula is C20H28N2O4S. The van der Waals surface area contributed by atoms with Crippen molar-refractivity contribution in [2.75, 3.05) is 14.2 Å². The number of para-hydroxylation sites is 1. The molecule has 148 valence electrons. The number of hydrogen-bond donors (Lipinski definition) is 2. The molecule has 0 bridgehead atoms. The minimum atomic E-state index is -3.37. The van der Waals surface area contributed by atoms with E-state index in [1.807, 2.05) is 56.3 Å². The summed E-state index contributed by atoms with van der Waals surface area (Å²) in [5.74, 6) is 1.35. The van der Waals surface area contributed by atoms with Crippen molar-refractivity contribution in [2.45, 2.75) is 38.7 Å². The van der Waals surface area contributed by atoms with E-state index in [9.17, 15) is 8.42 Å². The van der Waals surface area contributed by atoms with Crippen LogP contribution in [0, 0.1) is 0 Å². The number of hydrogen-bond acceptors (Lipinski definition) is 5. The molecule has 0 radical (unpaired) electrons. The van der Waals surface area contributed by atoms with E-state index in [4.69, 9.17) is 9.47 Å². The van der Waals surface area contributed by atoms with Crippen LogP contribution in [0.2, 0.25) is 0 Å². The fourth-order valence-electron chi connectivity index (χ4n) is 2.90. The maximum atomic E-state index is 12.2. The topological polar surface area (TPSA) is 76.7 Å². The molecule has 0 unspecified atom stereocenters. The number of ether oxygens (including phenoxy) is 2. The van der Waals surface area contributed by atoms with Crippen molar-refractivity contribution < 1.29 is 17.9 Å². The van der Waals surface area contributed by atoms with Gasteiger partial charge in [0, 0.05) is 24.7 Å². The van der Waals surface area contributed by atoms with E-state index in [-0.39, 0.29) is 11.8 Å². The summed E-state index contributed by atoms with van der Waals surface area (Å²) in [4.78, 5) is 0. The fourth-order valence-corrected chi connectivity index (χ4v) is 4.39. The minimum absolute atomic E-state index is 0.0362. The van der Waals surface area contributed by atoms with Gasteiger partial charge in [0.2, 0.25) is 10.0 Å². The SMILES string of the molecule is COc1cccc(CNCc2ccccc2CS(=O)(=O)NC(C)C)c1OC. The Morgan fingerprint density at radius 3 is 2.15 bits per heavy atom. The number of sulfonamides is 1. The van der Waals surface area contributed by atoms with E-state index in [0.717, 1.165) is 16.7 Å². The Morgan fingerprint density at radius 1 is 0.889 bits per heavy atom. The highest BCUT2D eigenvalue weighted by Gasteiger charge is 2.15. The Balaban J connectivity index is 2.07. The Labute approximate surface area is 161 Å². The molecule has 2 rings (SSSR count). The van der Waals surface area contributed by atoms with Crippen molar-refractivity contribution >= 4 is 10.0 Å². The molecule has 0 saturated carbocycles. The zero-order chi connectivity index (χ0) is 19.9. The molecule has 7 heteroatoms. The normalized spacial score (nSPS) is 11.6. The van der Waals surface area contributed by atoms with Crippen molar-refractivity contribution in [1.29, 1.82) is 0 Å². The molecule has 0 aliphatic rings. The molecule has 0 heterocycles. The van der Waals surface area contributed by atoms with E-state index in [2.05, 4.69) is 10.0 Å². The molecule has 0 fully saturated rings. The molecule has 0 atom stereocenters. The predicted molar refractivity (Wildman–Crippen MR) is 107 cm³/mol. The van der Waals surface area contributed by atoms with Crippen LogP contribution < -0.4 is 19.5 Å². The lowest BCUT2D eigenvalue weighted by atomic mass is 10.1. The fraction of sp³-hybridized carbons (Fsp3) is 0.400. The molecule has 2 N–H and O–H groups in total. The molecule has 0 aliphatic heterocycles. The van der Waals surface area contributed by atoms with Crippen LogP contribution in [0.1, 0.15) is 30.5 Å². The first-order valence-corrected chi connectivity index (χ1v) is 10.5. The van der Waals surface area contributed by atoms with Crippen molar-refractivity contribution in [1.82, 2.24) is 10.0 Å². The van der Waals surface area contributed by atoms with Crippen LogP contribution in [0.15, 0.2) is 42.5 Å². The smallest absolute Gasteiger partial charge is 0.216 e. The highest BCUT2D eigenvalue weighted by atomic mass is 32.2. The summed E-state index contributed by atoms with van der Waals surface area (Å²) in [6.07, 6.45) is 0. The van der Waals surface area contributed by atoms with Gasteiger partial charge in [-0.15, -0.1) is 0 Å². The van der Waals surface area contributed by atoms with E-state index in [1.165, 1.54) is 0 Å². The predicted octanol–water partition coefficient (Wildman–Crippen LogP) is 2.82. The highest BCUT2D eigenvalue weighted by Crippen LogP contribution is 2.30. The molecular weight excluding hydrogens is 364 g/mol. The lowest BCUT2D eigenvalue weighted by Gasteiger charge is -2.15.